The number of halogens is 2. The zero-order valence-electron chi connectivity index (χ0n) is 8.27. The molecule has 0 fully saturated rings. The number of aliphatic hydroxyl groups is 1. The van der Waals surface area contributed by atoms with Crippen molar-refractivity contribution in [1.82, 2.24) is 4.98 Å². The minimum atomic E-state index is -1.07. The van der Waals surface area contributed by atoms with Crippen LogP contribution >= 0.6 is 0 Å². The van der Waals surface area contributed by atoms with Crippen LogP contribution < -0.4 is 0 Å². The highest BCUT2D eigenvalue weighted by Gasteiger charge is 2.12. The lowest BCUT2D eigenvalue weighted by Gasteiger charge is -2.10. The van der Waals surface area contributed by atoms with Gasteiger partial charge < -0.3 is 5.11 Å². The van der Waals surface area contributed by atoms with Gasteiger partial charge in [0.15, 0.2) is 0 Å². The summed E-state index contributed by atoms with van der Waals surface area (Å²) >= 11 is 0. The number of aromatic nitrogens is 1. The van der Waals surface area contributed by atoms with Crippen molar-refractivity contribution in [2.75, 3.05) is 0 Å². The zero-order valence-corrected chi connectivity index (χ0v) is 8.27. The second kappa shape index (κ2) is 4.37. The van der Waals surface area contributed by atoms with E-state index < -0.39 is 17.7 Å². The summed E-state index contributed by atoms with van der Waals surface area (Å²) in [4.78, 5) is 3.83. The fourth-order valence-electron chi connectivity index (χ4n) is 1.46. The highest BCUT2D eigenvalue weighted by molar-refractivity contribution is 5.28. The van der Waals surface area contributed by atoms with Crippen LogP contribution in [0, 0.1) is 11.6 Å². The molecular weight excluding hydrogens is 212 g/mol. The van der Waals surface area contributed by atoms with E-state index in [1.54, 1.807) is 18.3 Å². The molecule has 1 atom stereocenters. The molecule has 0 bridgehead atoms. The number of aliphatic hydroxyl groups excluding tert-OH is 1. The minimum absolute atomic E-state index is 0.172. The molecule has 16 heavy (non-hydrogen) atoms. The summed E-state index contributed by atoms with van der Waals surface area (Å²) in [6.45, 7) is 0. The van der Waals surface area contributed by atoms with Crippen molar-refractivity contribution in [3.8, 4) is 0 Å². The van der Waals surface area contributed by atoms with E-state index in [0.29, 0.717) is 5.56 Å². The lowest BCUT2D eigenvalue weighted by molar-refractivity contribution is 0.219. The number of rotatable bonds is 2. The van der Waals surface area contributed by atoms with E-state index in [1.165, 1.54) is 6.20 Å². The first-order valence-corrected chi connectivity index (χ1v) is 4.71. The maximum atomic E-state index is 12.9. The summed E-state index contributed by atoms with van der Waals surface area (Å²) in [5.74, 6) is -1.42. The summed E-state index contributed by atoms with van der Waals surface area (Å²) in [6.07, 6.45) is 1.94. The van der Waals surface area contributed by atoms with Gasteiger partial charge in [-0.25, -0.2) is 8.78 Å². The molecule has 0 aliphatic heterocycles. The van der Waals surface area contributed by atoms with Gasteiger partial charge in [-0.2, -0.15) is 0 Å². The molecule has 2 rings (SSSR count). The van der Waals surface area contributed by atoms with Gasteiger partial charge >= 0.3 is 0 Å². The number of nitrogens with zero attached hydrogens (tertiary/aromatic N) is 1. The van der Waals surface area contributed by atoms with E-state index in [0.717, 1.165) is 18.2 Å². The molecule has 1 aromatic carbocycles. The van der Waals surface area contributed by atoms with E-state index in [-0.39, 0.29) is 5.56 Å². The summed E-state index contributed by atoms with van der Waals surface area (Å²) in [7, 11) is 0. The number of pyridine rings is 1. The maximum absolute atomic E-state index is 12.9. The molecule has 1 unspecified atom stereocenters. The predicted molar refractivity (Wildman–Crippen MR) is 54.7 cm³/mol. The SMILES string of the molecule is OC(c1cccnc1)c1cc(F)cc(F)c1. The summed E-state index contributed by atoms with van der Waals surface area (Å²) in [5.41, 5.74) is 0.665. The largest absolute Gasteiger partial charge is 0.384 e. The first-order valence-electron chi connectivity index (χ1n) is 4.71. The van der Waals surface area contributed by atoms with E-state index in [2.05, 4.69) is 4.98 Å². The Morgan fingerprint density at radius 1 is 1.06 bits per heavy atom. The van der Waals surface area contributed by atoms with Crippen molar-refractivity contribution in [3.63, 3.8) is 0 Å². The Labute approximate surface area is 91.2 Å². The van der Waals surface area contributed by atoms with Crippen LogP contribution in [0.1, 0.15) is 17.2 Å². The third kappa shape index (κ3) is 2.23. The van der Waals surface area contributed by atoms with Crippen LogP contribution in [-0.2, 0) is 0 Å². The van der Waals surface area contributed by atoms with Crippen LogP contribution in [0.25, 0.3) is 0 Å². The minimum Gasteiger partial charge on any atom is -0.384 e. The molecule has 4 heteroatoms. The molecule has 2 nitrogen and oxygen atoms in total. The van der Waals surface area contributed by atoms with Crippen molar-refractivity contribution in [2.24, 2.45) is 0 Å². The van der Waals surface area contributed by atoms with E-state index in [4.69, 9.17) is 0 Å². The normalized spacial score (nSPS) is 12.4. The van der Waals surface area contributed by atoms with Gasteiger partial charge in [0.1, 0.15) is 17.7 Å². The topological polar surface area (TPSA) is 33.1 Å². The van der Waals surface area contributed by atoms with Gasteiger partial charge in [-0.1, -0.05) is 6.07 Å². The molecule has 82 valence electrons. The van der Waals surface area contributed by atoms with E-state index in [9.17, 15) is 13.9 Å². The van der Waals surface area contributed by atoms with Crippen LogP contribution in [0.5, 0.6) is 0 Å². The summed E-state index contributed by atoms with van der Waals surface area (Å²) in [6, 6.07) is 6.25. The molecule has 0 radical (unpaired) electrons. The Kier molecular flexibility index (Phi) is 2.92. The van der Waals surface area contributed by atoms with Gasteiger partial charge in [-0.15, -0.1) is 0 Å². The number of hydrogen-bond donors (Lipinski definition) is 1. The molecule has 0 saturated heterocycles. The van der Waals surface area contributed by atoms with Crippen LogP contribution in [0.3, 0.4) is 0 Å². The molecule has 0 aliphatic rings. The Morgan fingerprint density at radius 3 is 2.31 bits per heavy atom. The Morgan fingerprint density at radius 2 is 1.75 bits per heavy atom. The van der Waals surface area contributed by atoms with Crippen LogP contribution in [0.15, 0.2) is 42.7 Å². The van der Waals surface area contributed by atoms with Gasteiger partial charge in [-0.3, -0.25) is 4.98 Å². The smallest absolute Gasteiger partial charge is 0.126 e. The molecule has 0 aliphatic carbocycles. The number of benzene rings is 1. The fourth-order valence-corrected chi connectivity index (χ4v) is 1.46. The highest BCUT2D eigenvalue weighted by Crippen LogP contribution is 2.22. The van der Waals surface area contributed by atoms with Gasteiger partial charge in [0.05, 0.1) is 0 Å². The first-order chi connectivity index (χ1) is 7.66. The molecule has 2 aromatic rings. The van der Waals surface area contributed by atoms with Crippen LogP contribution in [0.4, 0.5) is 8.78 Å². The number of hydrogen-bond acceptors (Lipinski definition) is 2. The van der Waals surface area contributed by atoms with Gasteiger partial charge in [-0.05, 0) is 23.8 Å². The van der Waals surface area contributed by atoms with E-state index >= 15 is 0 Å². The lowest BCUT2D eigenvalue weighted by Crippen LogP contribution is -2.01. The second-order valence-electron chi connectivity index (χ2n) is 3.39. The van der Waals surface area contributed by atoms with Crippen LogP contribution in [-0.4, -0.2) is 10.1 Å². The van der Waals surface area contributed by atoms with Gasteiger partial charge in [0, 0.05) is 24.0 Å². The summed E-state index contributed by atoms with van der Waals surface area (Å²) < 4.78 is 25.9. The quantitative estimate of drug-likeness (QED) is 0.844. The Balaban J connectivity index is 2.37. The standard InChI is InChI=1S/C12H9F2NO/c13-10-4-9(5-11(14)6-10)12(16)8-2-1-3-15-7-8/h1-7,12,16H. The Hall–Kier alpha value is -1.81. The molecule has 0 amide bonds. The third-order valence-corrected chi connectivity index (χ3v) is 2.20. The van der Waals surface area contributed by atoms with Crippen molar-refractivity contribution < 1.29 is 13.9 Å². The molecule has 1 heterocycles. The highest BCUT2D eigenvalue weighted by atomic mass is 19.1. The molecule has 1 N–H and O–H groups in total. The average molecular weight is 221 g/mol. The zero-order chi connectivity index (χ0) is 11.5. The molecule has 0 saturated carbocycles. The van der Waals surface area contributed by atoms with E-state index in [1.807, 2.05) is 0 Å². The molecular formula is C12H9F2NO. The average Bonchev–Trinajstić information content (AvgIpc) is 2.28. The van der Waals surface area contributed by atoms with Crippen molar-refractivity contribution in [3.05, 3.63) is 65.5 Å². The Bertz CT molecular complexity index is 467. The second-order valence-corrected chi connectivity index (χ2v) is 3.39. The monoisotopic (exact) mass is 221 g/mol. The first kappa shape index (κ1) is 10.7. The van der Waals surface area contributed by atoms with Crippen molar-refractivity contribution >= 4 is 0 Å². The molecule has 0 spiro atoms. The fraction of sp³-hybridized carbons (Fsp3) is 0.0833. The lowest BCUT2D eigenvalue weighted by atomic mass is 10.0. The predicted octanol–water partition coefficient (Wildman–Crippen LogP) is 2.44. The maximum Gasteiger partial charge on any atom is 0.126 e. The van der Waals surface area contributed by atoms with Crippen LogP contribution in [0.2, 0.25) is 0 Å². The third-order valence-electron chi connectivity index (χ3n) is 2.20. The van der Waals surface area contributed by atoms with Gasteiger partial charge in [0.25, 0.3) is 0 Å². The van der Waals surface area contributed by atoms with Gasteiger partial charge in [0.2, 0.25) is 0 Å². The van der Waals surface area contributed by atoms with Crippen molar-refractivity contribution in [1.29, 1.82) is 0 Å². The van der Waals surface area contributed by atoms with Crippen molar-refractivity contribution in [2.45, 2.75) is 6.10 Å². The molecule has 1 aromatic heterocycles. The summed E-state index contributed by atoms with van der Waals surface area (Å²) in [5, 5.41) is 9.87.